The van der Waals surface area contributed by atoms with Crippen LogP contribution in [0.3, 0.4) is 0 Å². The molecule has 0 saturated heterocycles. The van der Waals surface area contributed by atoms with Gasteiger partial charge in [-0.3, -0.25) is 4.79 Å². The van der Waals surface area contributed by atoms with Crippen molar-refractivity contribution in [3.63, 3.8) is 0 Å². The number of nitrogens with zero attached hydrogens (tertiary/aromatic N) is 2. The van der Waals surface area contributed by atoms with E-state index in [4.69, 9.17) is 5.26 Å². The summed E-state index contributed by atoms with van der Waals surface area (Å²) in [6, 6.07) is 3.97. The highest BCUT2D eigenvalue weighted by molar-refractivity contribution is 5.81. The van der Waals surface area contributed by atoms with Gasteiger partial charge in [-0.15, -0.1) is 0 Å². The monoisotopic (exact) mass is 248 g/mol. The lowest BCUT2D eigenvalue weighted by Crippen LogP contribution is -2.41. The molecule has 18 heavy (non-hydrogen) atoms. The molecule has 5 nitrogen and oxygen atoms in total. The highest BCUT2D eigenvalue weighted by Gasteiger charge is 2.25. The van der Waals surface area contributed by atoms with E-state index < -0.39 is 5.41 Å². The maximum absolute atomic E-state index is 11.6. The standard InChI is InChI=1S/C13H20N4O/c1-13(2,12(18)15-3)9-16-7-10-5-11(6-14)17(4)8-10/h5,8,16H,7,9H2,1-4H3,(H,15,18). The molecule has 0 aromatic carbocycles. The van der Waals surface area contributed by atoms with Crippen LogP contribution in [0.2, 0.25) is 0 Å². The lowest BCUT2D eigenvalue weighted by molar-refractivity contribution is -0.128. The molecule has 1 aromatic heterocycles. The first-order valence-electron chi connectivity index (χ1n) is 5.89. The number of nitrogens with one attached hydrogen (secondary N) is 2. The molecule has 1 aromatic rings. The van der Waals surface area contributed by atoms with Crippen LogP contribution < -0.4 is 10.6 Å². The van der Waals surface area contributed by atoms with Crippen molar-refractivity contribution in [3.8, 4) is 6.07 Å². The Labute approximate surface area is 108 Å². The third-order valence-corrected chi connectivity index (χ3v) is 2.91. The summed E-state index contributed by atoms with van der Waals surface area (Å²) in [5.74, 6) is 0.0146. The van der Waals surface area contributed by atoms with Gasteiger partial charge < -0.3 is 15.2 Å². The molecule has 0 radical (unpaired) electrons. The number of aryl methyl sites for hydroxylation is 1. The van der Waals surface area contributed by atoms with Gasteiger partial charge in [0, 0.05) is 33.4 Å². The smallest absolute Gasteiger partial charge is 0.226 e. The largest absolute Gasteiger partial charge is 0.359 e. The van der Waals surface area contributed by atoms with Gasteiger partial charge in [-0.2, -0.15) is 5.26 Å². The summed E-state index contributed by atoms with van der Waals surface area (Å²) in [4.78, 5) is 11.6. The first-order chi connectivity index (χ1) is 8.40. The molecule has 5 heteroatoms. The normalized spacial score (nSPS) is 11.1. The fourth-order valence-corrected chi connectivity index (χ4v) is 1.78. The number of hydrogen-bond acceptors (Lipinski definition) is 3. The van der Waals surface area contributed by atoms with E-state index in [1.807, 2.05) is 33.2 Å². The van der Waals surface area contributed by atoms with Crippen LogP contribution in [0.5, 0.6) is 0 Å². The van der Waals surface area contributed by atoms with Crippen molar-refractivity contribution in [3.05, 3.63) is 23.5 Å². The van der Waals surface area contributed by atoms with Gasteiger partial charge in [0.15, 0.2) is 0 Å². The number of carbonyl (C=O) groups is 1. The Morgan fingerprint density at radius 3 is 2.72 bits per heavy atom. The second kappa shape index (κ2) is 5.69. The van der Waals surface area contributed by atoms with E-state index in [1.165, 1.54) is 0 Å². The maximum atomic E-state index is 11.6. The fourth-order valence-electron chi connectivity index (χ4n) is 1.78. The Kier molecular flexibility index (Phi) is 4.51. The SMILES string of the molecule is CNC(=O)C(C)(C)CNCc1cc(C#N)n(C)c1. The second-order valence-electron chi connectivity index (χ2n) is 5.02. The van der Waals surface area contributed by atoms with E-state index in [2.05, 4.69) is 16.7 Å². The van der Waals surface area contributed by atoms with Crippen LogP contribution in [0.4, 0.5) is 0 Å². The van der Waals surface area contributed by atoms with Gasteiger partial charge in [0.25, 0.3) is 0 Å². The third kappa shape index (κ3) is 3.34. The van der Waals surface area contributed by atoms with Crippen LogP contribution in [-0.4, -0.2) is 24.1 Å². The summed E-state index contributed by atoms with van der Waals surface area (Å²) >= 11 is 0. The zero-order valence-electron chi connectivity index (χ0n) is 11.4. The van der Waals surface area contributed by atoms with E-state index in [1.54, 1.807) is 11.6 Å². The molecule has 0 atom stereocenters. The van der Waals surface area contributed by atoms with Crippen LogP contribution in [0.25, 0.3) is 0 Å². The van der Waals surface area contributed by atoms with Crippen LogP contribution in [-0.2, 0) is 18.4 Å². The Balaban J connectivity index is 2.52. The lowest BCUT2D eigenvalue weighted by Gasteiger charge is -2.22. The minimum Gasteiger partial charge on any atom is -0.359 e. The molecule has 0 fully saturated rings. The van der Waals surface area contributed by atoms with Crippen molar-refractivity contribution in [2.24, 2.45) is 12.5 Å². The Hall–Kier alpha value is -1.80. The molecule has 0 aliphatic heterocycles. The molecule has 0 bridgehead atoms. The molecule has 0 spiro atoms. The van der Waals surface area contributed by atoms with Crippen LogP contribution in [0, 0.1) is 16.7 Å². The van der Waals surface area contributed by atoms with Gasteiger partial charge >= 0.3 is 0 Å². The van der Waals surface area contributed by atoms with Crippen molar-refractivity contribution >= 4 is 5.91 Å². The predicted molar refractivity (Wildman–Crippen MR) is 69.7 cm³/mol. The zero-order chi connectivity index (χ0) is 13.8. The van der Waals surface area contributed by atoms with E-state index in [9.17, 15) is 4.79 Å². The average Bonchev–Trinajstić information content (AvgIpc) is 2.68. The predicted octanol–water partition coefficient (Wildman–Crippen LogP) is 0.759. The van der Waals surface area contributed by atoms with Crippen molar-refractivity contribution in [2.75, 3.05) is 13.6 Å². The van der Waals surface area contributed by atoms with Crippen molar-refractivity contribution < 1.29 is 4.79 Å². The summed E-state index contributed by atoms with van der Waals surface area (Å²) in [5.41, 5.74) is 1.24. The second-order valence-corrected chi connectivity index (χ2v) is 5.02. The van der Waals surface area contributed by atoms with E-state index in [0.717, 1.165) is 5.56 Å². The summed E-state index contributed by atoms with van der Waals surface area (Å²) in [5, 5.41) is 14.7. The highest BCUT2D eigenvalue weighted by atomic mass is 16.2. The van der Waals surface area contributed by atoms with Crippen LogP contribution in [0.15, 0.2) is 12.3 Å². The molecule has 1 heterocycles. The quantitative estimate of drug-likeness (QED) is 0.808. The molecule has 0 unspecified atom stereocenters. The highest BCUT2D eigenvalue weighted by Crippen LogP contribution is 2.14. The number of hydrogen-bond donors (Lipinski definition) is 2. The topological polar surface area (TPSA) is 69.8 Å². The summed E-state index contributed by atoms with van der Waals surface area (Å²) in [6.07, 6.45) is 1.92. The van der Waals surface area contributed by atoms with E-state index in [0.29, 0.717) is 18.8 Å². The van der Waals surface area contributed by atoms with Crippen LogP contribution >= 0.6 is 0 Å². The van der Waals surface area contributed by atoms with Crippen LogP contribution in [0.1, 0.15) is 25.1 Å². The minimum atomic E-state index is -0.443. The Morgan fingerprint density at radius 1 is 1.56 bits per heavy atom. The molecular formula is C13H20N4O. The van der Waals surface area contributed by atoms with Gasteiger partial charge in [-0.25, -0.2) is 0 Å². The number of aromatic nitrogens is 1. The van der Waals surface area contributed by atoms with Gasteiger partial charge in [-0.05, 0) is 25.5 Å². The molecule has 1 rings (SSSR count). The molecule has 0 saturated carbocycles. The number of nitriles is 1. The molecule has 0 aliphatic carbocycles. The van der Waals surface area contributed by atoms with E-state index >= 15 is 0 Å². The van der Waals surface area contributed by atoms with Gasteiger partial charge in [0.1, 0.15) is 11.8 Å². The fraction of sp³-hybridized carbons (Fsp3) is 0.538. The Morgan fingerprint density at radius 2 is 2.22 bits per heavy atom. The van der Waals surface area contributed by atoms with Gasteiger partial charge in [-0.1, -0.05) is 0 Å². The molecule has 2 N–H and O–H groups in total. The average molecular weight is 248 g/mol. The van der Waals surface area contributed by atoms with Gasteiger partial charge in [0.2, 0.25) is 5.91 Å². The number of amides is 1. The minimum absolute atomic E-state index is 0.0146. The van der Waals surface area contributed by atoms with Crippen molar-refractivity contribution in [2.45, 2.75) is 20.4 Å². The molecular weight excluding hydrogens is 228 g/mol. The molecule has 98 valence electrons. The first kappa shape index (κ1) is 14.3. The summed E-state index contributed by atoms with van der Waals surface area (Å²) < 4.78 is 1.79. The summed E-state index contributed by atoms with van der Waals surface area (Å²) in [6.45, 7) is 5.02. The number of rotatable bonds is 5. The Bertz CT molecular complexity index is 468. The molecule has 0 aliphatic rings. The number of carbonyl (C=O) groups excluding carboxylic acids is 1. The first-order valence-corrected chi connectivity index (χ1v) is 5.89. The maximum Gasteiger partial charge on any atom is 0.226 e. The van der Waals surface area contributed by atoms with Gasteiger partial charge in [0.05, 0.1) is 5.41 Å². The van der Waals surface area contributed by atoms with Crippen molar-refractivity contribution in [1.29, 1.82) is 5.26 Å². The lowest BCUT2D eigenvalue weighted by atomic mass is 9.92. The third-order valence-electron chi connectivity index (χ3n) is 2.91. The zero-order valence-corrected chi connectivity index (χ0v) is 11.4. The van der Waals surface area contributed by atoms with Crippen molar-refractivity contribution in [1.82, 2.24) is 15.2 Å². The van der Waals surface area contributed by atoms with E-state index in [-0.39, 0.29) is 5.91 Å². The summed E-state index contributed by atoms with van der Waals surface area (Å²) in [7, 11) is 3.48. The molecule has 1 amide bonds.